The third-order valence-corrected chi connectivity index (χ3v) is 3.10. The molecular weight excluding hydrogens is 286 g/mol. The Bertz CT molecular complexity index is 646. The number of nitrogens with zero attached hydrogens (tertiary/aromatic N) is 4. The van der Waals surface area contributed by atoms with Gasteiger partial charge in [0.25, 0.3) is 0 Å². The number of carbonyl (C=O) groups excluding carboxylic acids is 1. The van der Waals surface area contributed by atoms with E-state index in [0.29, 0.717) is 13.1 Å². The average molecular weight is 305 g/mol. The van der Waals surface area contributed by atoms with Crippen molar-refractivity contribution >= 4 is 11.9 Å². The second kappa shape index (κ2) is 7.39. The van der Waals surface area contributed by atoms with Crippen LogP contribution in [0.1, 0.15) is 28.8 Å². The molecule has 0 bridgehead atoms. The number of hydrogen-bond donors (Lipinski definition) is 2. The molecule has 0 spiro atoms. The van der Waals surface area contributed by atoms with Crippen molar-refractivity contribution in [2.24, 2.45) is 0 Å². The standard InChI is InChI=1S/C14H19N5O3/c1-11-7-16-18(9-11)5-2-4-15-13(20)3-6-19-10-12(8-17-19)14(21)22/h7-10H,2-6H2,1H3,(H,15,20)(H,21,22). The number of carboxylic acids is 1. The number of aromatic nitrogens is 4. The highest BCUT2D eigenvalue weighted by Crippen LogP contribution is 1.99. The molecule has 0 atom stereocenters. The molecule has 8 nitrogen and oxygen atoms in total. The van der Waals surface area contributed by atoms with Gasteiger partial charge in [-0.3, -0.25) is 14.2 Å². The van der Waals surface area contributed by atoms with Crippen LogP contribution in [0.15, 0.2) is 24.8 Å². The Kier molecular flexibility index (Phi) is 5.29. The summed E-state index contributed by atoms with van der Waals surface area (Å²) < 4.78 is 3.30. The van der Waals surface area contributed by atoms with Crippen LogP contribution in [0.3, 0.4) is 0 Å². The van der Waals surface area contributed by atoms with E-state index in [2.05, 4.69) is 15.5 Å². The van der Waals surface area contributed by atoms with Gasteiger partial charge in [0, 0.05) is 38.4 Å². The number of carboxylic acid groups (broad SMARTS) is 1. The highest BCUT2D eigenvalue weighted by molar-refractivity contribution is 5.86. The van der Waals surface area contributed by atoms with Crippen LogP contribution in [0, 0.1) is 6.92 Å². The fraction of sp³-hybridized carbons (Fsp3) is 0.429. The van der Waals surface area contributed by atoms with Crippen LogP contribution >= 0.6 is 0 Å². The molecule has 0 unspecified atom stereocenters. The largest absolute Gasteiger partial charge is 0.478 e. The molecule has 22 heavy (non-hydrogen) atoms. The average Bonchev–Trinajstić information content (AvgIpc) is 3.10. The molecule has 0 saturated heterocycles. The van der Waals surface area contributed by atoms with Gasteiger partial charge in [-0.25, -0.2) is 4.79 Å². The first-order valence-electron chi connectivity index (χ1n) is 7.06. The van der Waals surface area contributed by atoms with Crippen molar-refractivity contribution in [2.45, 2.75) is 32.9 Å². The lowest BCUT2D eigenvalue weighted by molar-refractivity contribution is -0.121. The summed E-state index contributed by atoms with van der Waals surface area (Å²) >= 11 is 0. The lowest BCUT2D eigenvalue weighted by atomic mass is 10.3. The van der Waals surface area contributed by atoms with Gasteiger partial charge in [-0.1, -0.05) is 0 Å². The van der Waals surface area contributed by atoms with E-state index >= 15 is 0 Å². The molecular formula is C14H19N5O3. The second-order valence-electron chi connectivity index (χ2n) is 5.03. The summed E-state index contributed by atoms with van der Waals surface area (Å²) in [5.41, 5.74) is 1.24. The monoisotopic (exact) mass is 305 g/mol. The maximum absolute atomic E-state index is 11.7. The maximum Gasteiger partial charge on any atom is 0.338 e. The summed E-state index contributed by atoms with van der Waals surface area (Å²) in [6.07, 6.45) is 7.51. The van der Waals surface area contributed by atoms with Crippen LogP contribution in [0.4, 0.5) is 0 Å². The summed E-state index contributed by atoms with van der Waals surface area (Å²) in [7, 11) is 0. The van der Waals surface area contributed by atoms with E-state index in [0.717, 1.165) is 18.5 Å². The second-order valence-corrected chi connectivity index (χ2v) is 5.03. The Balaban J connectivity index is 1.62. The zero-order valence-corrected chi connectivity index (χ0v) is 12.4. The normalized spacial score (nSPS) is 10.6. The van der Waals surface area contributed by atoms with Crippen LogP contribution in [-0.4, -0.2) is 43.1 Å². The van der Waals surface area contributed by atoms with Gasteiger partial charge < -0.3 is 10.4 Å². The molecule has 118 valence electrons. The molecule has 0 saturated carbocycles. The molecule has 2 aromatic rings. The molecule has 0 aliphatic rings. The van der Waals surface area contributed by atoms with Crippen molar-refractivity contribution in [1.29, 1.82) is 0 Å². The third kappa shape index (κ3) is 4.72. The Hall–Kier alpha value is -2.64. The van der Waals surface area contributed by atoms with E-state index in [1.807, 2.05) is 17.8 Å². The lowest BCUT2D eigenvalue weighted by Crippen LogP contribution is -2.26. The Morgan fingerprint density at radius 3 is 2.55 bits per heavy atom. The minimum Gasteiger partial charge on any atom is -0.478 e. The van der Waals surface area contributed by atoms with Crippen LogP contribution < -0.4 is 5.32 Å². The SMILES string of the molecule is Cc1cnn(CCCNC(=O)CCn2cc(C(=O)O)cn2)c1. The number of rotatable bonds is 8. The summed E-state index contributed by atoms with van der Waals surface area (Å²) in [6, 6.07) is 0. The number of carbonyl (C=O) groups is 2. The van der Waals surface area contributed by atoms with Gasteiger partial charge in [0.2, 0.25) is 5.91 Å². The number of nitrogens with one attached hydrogen (secondary N) is 1. The van der Waals surface area contributed by atoms with Gasteiger partial charge in [0.1, 0.15) is 0 Å². The maximum atomic E-state index is 11.7. The molecule has 0 aliphatic carbocycles. The topological polar surface area (TPSA) is 102 Å². The van der Waals surface area contributed by atoms with Gasteiger partial charge in [-0.15, -0.1) is 0 Å². The van der Waals surface area contributed by atoms with E-state index < -0.39 is 5.97 Å². The predicted molar refractivity (Wildman–Crippen MR) is 78.4 cm³/mol. The number of aromatic carboxylic acids is 1. The third-order valence-electron chi connectivity index (χ3n) is 3.10. The van der Waals surface area contributed by atoms with Gasteiger partial charge >= 0.3 is 5.97 Å². The predicted octanol–water partition coefficient (Wildman–Crippen LogP) is 0.683. The molecule has 2 rings (SSSR count). The van der Waals surface area contributed by atoms with Crippen molar-refractivity contribution in [3.05, 3.63) is 35.9 Å². The van der Waals surface area contributed by atoms with Crippen molar-refractivity contribution in [2.75, 3.05) is 6.54 Å². The number of amides is 1. The molecule has 2 aromatic heterocycles. The minimum atomic E-state index is -1.02. The molecule has 1 amide bonds. The Morgan fingerprint density at radius 2 is 1.91 bits per heavy atom. The summed E-state index contributed by atoms with van der Waals surface area (Å²) in [6.45, 7) is 3.68. The molecule has 2 heterocycles. The van der Waals surface area contributed by atoms with Crippen LogP contribution in [0.2, 0.25) is 0 Å². The molecule has 0 fully saturated rings. The molecule has 2 N–H and O–H groups in total. The Morgan fingerprint density at radius 1 is 1.18 bits per heavy atom. The van der Waals surface area contributed by atoms with E-state index in [1.165, 1.54) is 17.1 Å². The lowest BCUT2D eigenvalue weighted by Gasteiger charge is -2.05. The first kappa shape index (κ1) is 15.7. The highest BCUT2D eigenvalue weighted by atomic mass is 16.4. The van der Waals surface area contributed by atoms with Gasteiger partial charge in [0.15, 0.2) is 0 Å². The van der Waals surface area contributed by atoms with Gasteiger partial charge in [0.05, 0.1) is 18.0 Å². The van der Waals surface area contributed by atoms with E-state index in [1.54, 1.807) is 6.20 Å². The van der Waals surface area contributed by atoms with Crippen molar-refractivity contribution in [3.63, 3.8) is 0 Å². The van der Waals surface area contributed by atoms with Crippen LogP contribution in [0.5, 0.6) is 0 Å². The van der Waals surface area contributed by atoms with Crippen LogP contribution in [-0.2, 0) is 17.9 Å². The molecule has 0 aliphatic heterocycles. The van der Waals surface area contributed by atoms with E-state index in [4.69, 9.17) is 5.11 Å². The number of hydrogen-bond acceptors (Lipinski definition) is 4. The van der Waals surface area contributed by atoms with Gasteiger partial charge in [-0.2, -0.15) is 10.2 Å². The quantitative estimate of drug-likeness (QED) is 0.698. The number of aryl methyl sites for hydroxylation is 3. The summed E-state index contributed by atoms with van der Waals surface area (Å²) in [5, 5.41) is 19.7. The fourth-order valence-electron chi connectivity index (χ4n) is 1.96. The van der Waals surface area contributed by atoms with E-state index in [9.17, 15) is 9.59 Å². The van der Waals surface area contributed by atoms with E-state index in [-0.39, 0.29) is 17.9 Å². The summed E-state index contributed by atoms with van der Waals surface area (Å²) in [5.74, 6) is -1.10. The molecule has 0 aromatic carbocycles. The van der Waals surface area contributed by atoms with Crippen molar-refractivity contribution in [1.82, 2.24) is 24.9 Å². The van der Waals surface area contributed by atoms with Crippen molar-refractivity contribution < 1.29 is 14.7 Å². The zero-order chi connectivity index (χ0) is 15.9. The first-order chi connectivity index (χ1) is 10.5. The van der Waals surface area contributed by atoms with Crippen molar-refractivity contribution in [3.8, 4) is 0 Å². The first-order valence-corrected chi connectivity index (χ1v) is 7.06. The Labute approximate surface area is 127 Å². The highest BCUT2D eigenvalue weighted by Gasteiger charge is 2.07. The minimum absolute atomic E-state index is 0.0796. The van der Waals surface area contributed by atoms with Gasteiger partial charge in [-0.05, 0) is 18.9 Å². The smallest absolute Gasteiger partial charge is 0.338 e. The fourth-order valence-corrected chi connectivity index (χ4v) is 1.96. The summed E-state index contributed by atoms with van der Waals surface area (Å²) in [4.78, 5) is 22.4. The molecule has 8 heteroatoms. The molecule has 0 radical (unpaired) electrons. The zero-order valence-electron chi connectivity index (χ0n) is 12.4. The van der Waals surface area contributed by atoms with Crippen LogP contribution in [0.25, 0.3) is 0 Å².